The largest absolute Gasteiger partial charge is 0.338 e. The molecule has 0 amide bonds. The average Bonchev–Trinajstić information content (AvgIpc) is 2.02. The fourth-order valence-electron chi connectivity index (χ4n) is 1.36. The van der Waals surface area contributed by atoms with Gasteiger partial charge in [0.1, 0.15) is 0 Å². The van der Waals surface area contributed by atoms with Gasteiger partial charge in [-0.1, -0.05) is 13.8 Å². The summed E-state index contributed by atoms with van der Waals surface area (Å²) in [5.41, 5.74) is 0.287. The predicted molar refractivity (Wildman–Crippen MR) is 67.4 cm³/mol. The van der Waals surface area contributed by atoms with Crippen molar-refractivity contribution in [3.8, 4) is 0 Å². The molecule has 0 radical (unpaired) electrons. The van der Waals surface area contributed by atoms with Crippen LogP contribution in [0.1, 0.15) is 34.6 Å². The van der Waals surface area contributed by atoms with Gasteiger partial charge in [0.2, 0.25) is 0 Å². The van der Waals surface area contributed by atoms with Crippen LogP contribution in [0.15, 0.2) is 0 Å². The highest BCUT2D eigenvalue weighted by molar-refractivity contribution is 6.32. The van der Waals surface area contributed by atoms with Crippen LogP contribution >= 0.6 is 0 Å². The topological polar surface area (TPSA) is 36.1 Å². The SMILES string of the molecule is CCNC(C[SiH2]NC(C)(C)C)NCC. The van der Waals surface area contributed by atoms with E-state index in [4.69, 9.17) is 0 Å². The Labute approximate surface area is 91.3 Å². The van der Waals surface area contributed by atoms with E-state index in [2.05, 4.69) is 50.2 Å². The van der Waals surface area contributed by atoms with Gasteiger partial charge < -0.3 is 15.6 Å². The van der Waals surface area contributed by atoms with Gasteiger partial charge in [0.15, 0.2) is 0 Å². The first-order valence-electron chi connectivity index (χ1n) is 5.71. The van der Waals surface area contributed by atoms with E-state index in [0.29, 0.717) is 6.17 Å². The molecule has 0 aliphatic rings. The minimum absolute atomic E-state index is 0.156. The fraction of sp³-hybridized carbons (Fsp3) is 1.00. The van der Waals surface area contributed by atoms with Gasteiger partial charge in [-0.3, -0.25) is 0 Å². The maximum atomic E-state index is 3.63. The molecule has 86 valence electrons. The van der Waals surface area contributed by atoms with E-state index in [1.54, 1.807) is 0 Å². The van der Waals surface area contributed by atoms with Gasteiger partial charge in [-0.2, -0.15) is 0 Å². The second kappa shape index (κ2) is 7.40. The first-order valence-corrected chi connectivity index (χ1v) is 7.42. The zero-order valence-corrected chi connectivity index (χ0v) is 11.8. The van der Waals surface area contributed by atoms with E-state index in [0.717, 1.165) is 13.1 Å². The maximum absolute atomic E-state index is 3.63. The highest BCUT2D eigenvalue weighted by Crippen LogP contribution is 1.98. The molecule has 0 fully saturated rings. The van der Waals surface area contributed by atoms with Crippen molar-refractivity contribution >= 4 is 9.68 Å². The minimum Gasteiger partial charge on any atom is -0.338 e. The molecule has 3 N–H and O–H groups in total. The Hall–Kier alpha value is 0.0969. The Kier molecular flexibility index (Phi) is 7.45. The molecule has 0 saturated heterocycles. The molecular formula is C10H27N3Si. The zero-order valence-electron chi connectivity index (χ0n) is 10.4. The molecule has 0 saturated carbocycles. The average molecular weight is 217 g/mol. The Morgan fingerprint density at radius 1 is 1.07 bits per heavy atom. The highest BCUT2D eigenvalue weighted by atomic mass is 28.2. The zero-order chi connectivity index (χ0) is 11.0. The van der Waals surface area contributed by atoms with Crippen molar-refractivity contribution < 1.29 is 0 Å². The van der Waals surface area contributed by atoms with Crippen molar-refractivity contribution in [2.45, 2.75) is 52.4 Å². The van der Waals surface area contributed by atoms with E-state index in [-0.39, 0.29) is 15.2 Å². The lowest BCUT2D eigenvalue weighted by Gasteiger charge is -2.23. The quantitative estimate of drug-likeness (QED) is 0.427. The van der Waals surface area contributed by atoms with E-state index in [1.807, 2.05) is 0 Å². The maximum Gasteiger partial charge on any atom is 0.0950 e. The van der Waals surface area contributed by atoms with Gasteiger partial charge in [-0.15, -0.1) is 0 Å². The van der Waals surface area contributed by atoms with Gasteiger partial charge in [0.25, 0.3) is 0 Å². The van der Waals surface area contributed by atoms with Crippen molar-refractivity contribution in [3.05, 3.63) is 0 Å². The van der Waals surface area contributed by atoms with Gasteiger partial charge >= 0.3 is 0 Å². The summed E-state index contributed by atoms with van der Waals surface area (Å²) in [6.07, 6.45) is 0.506. The molecule has 0 bridgehead atoms. The molecule has 0 rings (SSSR count). The van der Waals surface area contributed by atoms with Gasteiger partial charge in [0.05, 0.1) is 15.8 Å². The lowest BCUT2D eigenvalue weighted by molar-refractivity contribution is 0.467. The summed E-state index contributed by atoms with van der Waals surface area (Å²) in [5, 5.41) is 6.91. The van der Waals surface area contributed by atoms with Crippen molar-refractivity contribution in [1.29, 1.82) is 0 Å². The summed E-state index contributed by atoms with van der Waals surface area (Å²) in [5.74, 6) is 0. The highest BCUT2D eigenvalue weighted by Gasteiger charge is 2.10. The lowest BCUT2D eigenvalue weighted by atomic mass is 10.1. The van der Waals surface area contributed by atoms with E-state index < -0.39 is 0 Å². The summed E-state index contributed by atoms with van der Waals surface area (Å²) in [7, 11) is -0.156. The fourth-order valence-corrected chi connectivity index (χ4v) is 2.95. The van der Waals surface area contributed by atoms with Crippen molar-refractivity contribution in [3.63, 3.8) is 0 Å². The van der Waals surface area contributed by atoms with Crippen molar-refractivity contribution in [1.82, 2.24) is 15.6 Å². The molecular weight excluding hydrogens is 190 g/mol. The van der Waals surface area contributed by atoms with E-state index in [9.17, 15) is 0 Å². The van der Waals surface area contributed by atoms with Crippen LogP contribution in [0.5, 0.6) is 0 Å². The monoisotopic (exact) mass is 217 g/mol. The normalized spacial score (nSPS) is 13.3. The van der Waals surface area contributed by atoms with Gasteiger partial charge in [0, 0.05) is 5.54 Å². The number of rotatable bonds is 7. The van der Waals surface area contributed by atoms with Crippen LogP contribution in [-0.2, 0) is 0 Å². The van der Waals surface area contributed by atoms with Crippen LogP contribution in [-0.4, -0.2) is 34.5 Å². The number of nitrogens with one attached hydrogen (secondary N) is 3. The van der Waals surface area contributed by atoms with Crippen LogP contribution in [0.2, 0.25) is 6.04 Å². The summed E-state index contributed by atoms with van der Waals surface area (Å²) in [6, 6.07) is 1.26. The molecule has 0 aliphatic carbocycles. The molecule has 0 heterocycles. The Morgan fingerprint density at radius 2 is 1.57 bits per heavy atom. The smallest absolute Gasteiger partial charge is 0.0950 e. The molecule has 3 nitrogen and oxygen atoms in total. The first-order chi connectivity index (χ1) is 6.49. The number of hydrogen-bond acceptors (Lipinski definition) is 3. The third-order valence-corrected chi connectivity index (χ3v) is 4.17. The molecule has 0 unspecified atom stereocenters. The summed E-state index contributed by atoms with van der Waals surface area (Å²) in [6.45, 7) is 13.1. The molecule has 0 aliphatic heterocycles. The van der Waals surface area contributed by atoms with Crippen LogP contribution in [0, 0.1) is 0 Å². The van der Waals surface area contributed by atoms with E-state index in [1.165, 1.54) is 6.04 Å². The Balaban J connectivity index is 3.60. The molecule has 4 heteroatoms. The molecule has 0 aromatic heterocycles. The lowest BCUT2D eigenvalue weighted by Crippen LogP contribution is -2.46. The second-order valence-corrected chi connectivity index (χ2v) is 6.06. The predicted octanol–water partition coefficient (Wildman–Crippen LogP) is 0.422. The molecule has 0 spiro atoms. The Bertz CT molecular complexity index is 128. The third-order valence-electron chi connectivity index (χ3n) is 1.99. The van der Waals surface area contributed by atoms with Gasteiger partial charge in [-0.05, 0) is 39.9 Å². The Morgan fingerprint density at radius 3 is 1.93 bits per heavy atom. The molecule has 0 aromatic carbocycles. The van der Waals surface area contributed by atoms with E-state index >= 15 is 0 Å². The van der Waals surface area contributed by atoms with Gasteiger partial charge in [-0.25, -0.2) is 0 Å². The first kappa shape index (κ1) is 14.1. The van der Waals surface area contributed by atoms with Crippen LogP contribution in [0.25, 0.3) is 0 Å². The van der Waals surface area contributed by atoms with Crippen molar-refractivity contribution in [2.24, 2.45) is 0 Å². The summed E-state index contributed by atoms with van der Waals surface area (Å²) in [4.78, 5) is 3.63. The molecule has 14 heavy (non-hydrogen) atoms. The molecule has 0 atom stereocenters. The third kappa shape index (κ3) is 8.68. The van der Waals surface area contributed by atoms with Crippen molar-refractivity contribution in [2.75, 3.05) is 13.1 Å². The number of hydrogen-bond donors (Lipinski definition) is 3. The molecule has 0 aromatic rings. The van der Waals surface area contributed by atoms with Crippen LogP contribution < -0.4 is 15.6 Å². The standard InChI is InChI=1S/C10H27N3Si/c1-6-11-9(12-7-2)8-14-13-10(3,4)5/h9,11-13H,6-8,14H2,1-5H3. The summed E-state index contributed by atoms with van der Waals surface area (Å²) < 4.78 is 0. The minimum atomic E-state index is -0.156. The van der Waals surface area contributed by atoms with Crippen LogP contribution in [0.3, 0.4) is 0 Å². The van der Waals surface area contributed by atoms with Crippen LogP contribution in [0.4, 0.5) is 0 Å². The second-order valence-electron chi connectivity index (χ2n) is 4.63. The summed E-state index contributed by atoms with van der Waals surface area (Å²) >= 11 is 0.